The minimum atomic E-state index is -0.532. The minimum absolute atomic E-state index is 0.0450. The van der Waals surface area contributed by atoms with Crippen molar-refractivity contribution in [2.45, 2.75) is 37.7 Å². The van der Waals surface area contributed by atoms with E-state index in [2.05, 4.69) is 8.75 Å². The van der Waals surface area contributed by atoms with Crippen molar-refractivity contribution in [2.75, 3.05) is 13.1 Å². The first-order valence-corrected chi connectivity index (χ1v) is 7.21. The first-order valence-electron chi connectivity index (χ1n) is 6.48. The van der Waals surface area contributed by atoms with Gasteiger partial charge in [0.2, 0.25) is 0 Å². The Morgan fingerprint density at radius 2 is 2.39 bits per heavy atom. The van der Waals surface area contributed by atoms with Crippen LogP contribution in [0.2, 0.25) is 0 Å². The van der Waals surface area contributed by atoms with E-state index in [1.54, 1.807) is 0 Å². The summed E-state index contributed by atoms with van der Waals surface area (Å²) < 4.78 is 7.86. The molecule has 2 fully saturated rings. The zero-order valence-corrected chi connectivity index (χ0v) is 11.0. The van der Waals surface area contributed by atoms with Crippen molar-refractivity contribution in [1.29, 1.82) is 0 Å². The van der Waals surface area contributed by atoms with Crippen LogP contribution in [0.1, 0.15) is 42.6 Å². The fourth-order valence-corrected chi connectivity index (χ4v) is 3.58. The molecular weight excluding hydrogens is 250 g/mol. The van der Waals surface area contributed by atoms with Crippen LogP contribution in [0.15, 0.2) is 6.20 Å². The Morgan fingerprint density at radius 1 is 1.50 bits per heavy atom. The summed E-state index contributed by atoms with van der Waals surface area (Å²) in [4.78, 5) is 14.0. The van der Waals surface area contributed by atoms with Crippen LogP contribution in [0.5, 0.6) is 0 Å². The molecule has 1 aliphatic carbocycles. The topological polar surface area (TPSA) is 66.3 Å². The number of fused-ring (bicyclic) bond motifs is 1. The van der Waals surface area contributed by atoms with E-state index in [4.69, 9.17) is 0 Å². The molecule has 1 aromatic rings. The second kappa shape index (κ2) is 4.59. The molecule has 1 saturated carbocycles. The third-order valence-electron chi connectivity index (χ3n) is 4.30. The van der Waals surface area contributed by atoms with Crippen LogP contribution in [0.25, 0.3) is 0 Å². The molecule has 0 bridgehead atoms. The quantitative estimate of drug-likeness (QED) is 0.833. The normalized spacial score (nSPS) is 32.1. The molecule has 18 heavy (non-hydrogen) atoms. The second-order valence-corrected chi connectivity index (χ2v) is 5.90. The highest BCUT2D eigenvalue weighted by Gasteiger charge is 2.43. The van der Waals surface area contributed by atoms with Gasteiger partial charge in [0.1, 0.15) is 0 Å². The standard InChI is InChI=1S/C12H17N3O2S/c16-11(10-7-13-18-14-10)15-6-5-12(17)4-2-1-3-9(12)8-15/h7,9,17H,1-6,8H2. The first kappa shape index (κ1) is 12.0. The van der Waals surface area contributed by atoms with Crippen molar-refractivity contribution in [2.24, 2.45) is 5.92 Å². The molecule has 2 aliphatic rings. The summed E-state index contributed by atoms with van der Waals surface area (Å²) in [6, 6.07) is 0. The molecule has 5 nitrogen and oxygen atoms in total. The molecule has 2 atom stereocenters. The van der Waals surface area contributed by atoms with Crippen molar-refractivity contribution in [3.63, 3.8) is 0 Å². The Bertz CT molecular complexity index is 437. The molecule has 1 saturated heterocycles. The number of aliphatic hydroxyl groups is 1. The lowest BCUT2D eigenvalue weighted by atomic mass is 9.71. The highest BCUT2D eigenvalue weighted by atomic mass is 32.1. The zero-order valence-electron chi connectivity index (χ0n) is 10.2. The number of rotatable bonds is 1. The molecule has 1 aromatic heterocycles. The van der Waals surface area contributed by atoms with Gasteiger partial charge in [0.25, 0.3) is 5.91 Å². The highest BCUT2D eigenvalue weighted by molar-refractivity contribution is 6.99. The number of amides is 1. The smallest absolute Gasteiger partial charge is 0.275 e. The Kier molecular flexibility index (Phi) is 3.07. The van der Waals surface area contributed by atoms with E-state index in [1.807, 2.05) is 4.90 Å². The maximum atomic E-state index is 12.2. The van der Waals surface area contributed by atoms with Crippen molar-refractivity contribution < 1.29 is 9.90 Å². The molecule has 0 radical (unpaired) electrons. The fourth-order valence-electron chi connectivity index (χ4n) is 3.18. The summed E-state index contributed by atoms with van der Waals surface area (Å²) in [5, 5.41) is 10.6. The summed E-state index contributed by atoms with van der Waals surface area (Å²) in [7, 11) is 0. The average molecular weight is 267 g/mol. The molecular formula is C12H17N3O2S. The lowest BCUT2D eigenvalue weighted by Gasteiger charge is -2.47. The van der Waals surface area contributed by atoms with Crippen LogP contribution < -0.4 is 0 Å². The third kappa shape index (κ3) is 2.03. The maximum absolute atomic E-state index is 12.2. The molecule has 1 amide bonds. The largest absolute Gasteiger partial charge is 0.389 e. The summed E-state index contributed by atoms with van der Waals surface area (Å²) in [5.41, 5.74) is -0.101. The van der Waals surface area contributed by atoms with Crippen LogP contribution in [-0.2, 0) is 0 Å². The number of aromatic nitrogens is 2. The molecule has 1 aliphatic heterocycles. The van der Waals surface area contributed by atoms with E-state index in [-0.39, 0.29) is 11.8 Å². The van der Waals surface area contributed by atoms with Gasteiger partial charge in [-0.3, -0.25) is 4.79 Å². The molecule has 98 valence electrons. The van der Waals surface area contributed by atoms with E-state index in [0.29, 0.717) is 25.2 Å². The lowest BCUT2D eigenvalue weighted by molar-refractivity contribution is -0.0886. The van der Waals surface area contributed by atoms with Gasteiger partial charge in [-0.1, -0.05) is 12.8 Å². The van der Waals surface area contributed by atoms with E-state index < -0.39 is 5.60 Å². The summed E-state index contributed by atoms with van der Waals surface area (Å²) in [5.74, 6) is 0.187. The van der Waals surface area contributed by atoms with Gasteiger partial charge >= 0.3 is 0 Å². The lowest BCUT2D eigenvalue weighted by Crippen LogP contribution is -2.54. The predicted octanol–water partition coefficient (Wildman–Crippen LogP) is 1.31. The monoisotopic (exact) mass is 267 g/mol. The van der Waals surface area contributed by atoms with Gasteiger partial charge in [-0.05, 0) is 19.3 Å². The number of hydrogen-bond donors (Lipinski definition) is 1. The Hall–Kier alpha value is -1.01. The fraction of sp³-hybridized carbons (Fsp3) is 0.750. The van der Waals surface area contributed by atoms with Crippen LogP contribution in [0.4, 0.5) is 0 Å². The molecule has 0 spiro atoms. The van der Waals surface area contributed by atoms with Crippen LogP contribution in [0.3, 0.4) is 0 Å². The Labute approximate surface area is 110 Å². The molecule has 3 rings (SSSR count). The van der Waals surface area contributed by atoms with Gasteiger partial charge in [0, 0.05) is 19.0 Å². The molecule has 2 unspecified atom stereocenters. The second-order valence-electron chi connectivity index (χ2n) is 5.34. The van der Waals surface area contributed by atoms with Gasteiger partial charge in [-0.15, -0.1) is 0 Å². The average Bonchev–Trinajstić information content (AvgIpc) is 2.90. The maximum Gasteiger partial charge on any atom is 0.275 e. The molecule has 2 heterocycles. The highest BCUT2D eigenvalue weighted by Crippen LogP contribution is 2.39. The van der Waals surface area contributed by atoms with Crippen LogP contribution >= 0.6 is 11.7 Å². The number of piperidine rings is 1. The molecule has 0 aromatic carbocycles. The predicted molar refractivity (Wildman–Crippen MR) is 67.3 cm³/mol. The van der Waals surface area contributed by atoms with Crippen LogP contribution in [0, 0.1) is 5.92 Å². The van der Waals surface area contributed by atoms with Gasteiger partial charge in [-0.2, -0.15) is 8.75 Å². The first-order chi connectivity index (χ1) is 8.69. The number of nitrogens with zero attached hydrogens (tertiary/aromatic N) is 3. The van der Waals surface area contributed by atoms with Gasteiger partial charge < -0.3 is 10.0 Å². The number of carbonyl (C=O) groups excluding carboxylic acids is 1. The SMILES string of the molecule is O=C(c1cnsn1)N1CCC2(O)CCCCC2C1. The van der Waals surface area contributed by atoms with Gasteiger partial charge in [0.05, 0.1) is 23.5 Å². The van der Waals surface area contributed by atoms with Crippen molar-refractivity contribution in [3.05, 3.63) is 11.9 Å². The van der Waals surface area contributed by atoms with E-state index in [9.17, 15) is 9.90 Å². The molecule has 6 heteroatoms. The summed E-state index contributed by atoms with van der Waals surface area (Å²) >= 11 is 1.06. The molecule has 1 N–H and O–H groups in total. The summed E-state index contributed by atoms with van der Waals surface area (Å²) in [6.07, 6.45) is 6.40. The van der Waals surface area contributed by atoms with Gasteiger partial charge in [-0.25, -0.2) is 0 Å². The van der Waals surface area contributed by atoms with Crippen molar-refractivity contribution in [1.82, 2.24) is 13.6 Å². The van der Waals surface area contributed by atoms with Crippen molar-refractivity contribution in [3.8, 4) is 0 Å². The van der Waals surface area contributed by atoms with Crippen molar-refractivity contribution >= 4 is 17.6 Å². The zero-order chi connectivity index (χ0) is 12.6. The minimum Gasteiger partial charge on any atom is -0.389 e. The summed E-state index contributed by atoms with van der Waals surface area (Å²) in [6.45, 7) is 1.29. The Morgan fingerprint density at radius 3 is 3.17 bits per heavy atom. The van der Waals surface area contributed by atoms with Crippen LogP contribution in [-0.4, -0.2) is 43.4 Å². The number of hydrogen-bond acceptors (Lipinski definition) is 5. The van der Waals surface area contributed by atoms with Gasteiger partial charge in [0.15, 0.2) is 5.69 Å². The van der Waals surface area contributed by atoms with E-state index >= 15 is 0 Å². The van der Waals surface area contributed by atoms with E-state index in [1.165, 1.54) is 6.20 Å². The third-order valence-corrected chi connectivity index (χ3v) is 4.77. The van der Waals surface area contributed by atoms with E-state index in [0.717, 1.165) is 37.4 Å². The Balaban J connectivity index is 1.72. The number of likely N-dealkylation sites (tertiary alicyclic amines) is 1. The number of carbonyl (C=O) groups is 1.